The van der Waals surface area contributed by atoms with Gasteiger partial charge in [-0.05, 0) is 49.4 Å². The van der Waals surface area contributed by atoms with Crippen molar-refractivity contribution in [2.45, 2.75) is 32.9 Å². The molecule has 0 bridgehead atoms. The SMILES string of the molecule is CCOCCCN1C(=O)C(SCc2ccccc2)=C(c2ccc(C)c(C)c2)C1=O. The first-order chi connectivity index (χ1) is 14.0. The smallest absolute Gasteiger partial charge is 0.267 e. The highest BCUT2D eigenvalue weighted by molar-refractivity contribution is 8.03. The molecule has 2 aromatic rings. The maximum absolute atomic E-state index is 13.2. The zero-order valence-electron chi connectivity index (χ0n) is 17.2. The third kappa shape index (κ3) is 4.98. The molecule has 29 heavy (non-hydrogen) atoms. The highest BCUT2D eigenvalue weighted by atomic mass is 32.2. The Hall–Kier alpha value is -2.37. The quantitative estimate of drug-likeness (QED) is 0.443. The van der Waals surface area contributed by atoms with Crippen molar-refractivity contribution in [3.05, 3.63) is 75.7 Å². The van der Waals surface area contributed by atoms with Gasteiger partial charge in [-0.25, -0.2) is 0 Å². The Morgan fingerprint density at radius 2 is 1.72 bits per heavy atom. The Morgan fingerprint density at radius 1 is 0.966 bits per heavy atom. The number of hydrogen-bond donors (Lipinski definition) is 0. The summed E-state index contributed by atoms with van der Waals surface area (Å²) in [6.45, 7) is 7.55. The first-order valence-electron chi connectivity index (χ1n) is 9.95. The molecule has 1 aliphatic heterocycles. The zero-order chi connectivity index (χ0) is 20.8. The Morgan fingerprint density at radius 3 is 2.41 bits per heavy atom. The normalized spacial score (nSPS) is 14.2. The first kappa shape index (κ1) is 21.3. The highest BCUT2D eigenvalue weighted by Crippen LogP contribution is 2.38. The molecule has 152 valence electrons. The molecule has 0 atom stereocenters. The van der Waals surface area contributed by atoms with Crippen molar-refractivity contribution in [2.75, 3.05) is 19.8 Å². The zero-order valence-corrected chi connectivity index (χ0v) is 18.1. The molecular weight excluding hydrogens is 382 g/mol. The van der Waals surface area contributed by atoms with Gasteiger partial charge in [-0.2, -0.15) is 0 Å². The number of thioether (sulfide) groups is 1. The molecular formula is C24H27NO3S. The number of carbonyl (C=O) groups is 2. The van der Waals surface area contributed by atoms with Gasteiger partial charge in [0, 0.05) is 25.5 Å². The van der Waals surface area contributed by atoms with E-state index < -0.39 is 0 Å². The van der Waals surface area contributed by atoms with Crippen LogP contribution in [0.5, 0.6) is 0 Å². The van der Waals surface area contributed by atoms with Crippen LogP contribution in [-0.4, -0.2) is 36.5 Å². The lowest BCUT2D eigenvalue weighted by atomic mass is 10.0. The molecule has 0 radical (unpaired) electrons. The molecule has 0 saturated heterocycles. The minimum Gasteiger partial charge on any atom is -0.382 e. The summed E-state index contributed by atoms with van der Waals surface area (Å²) in [7, 11) is 0. The van der Waals surface area contributed by atoms with Crippen LogP contribution < -0.4 is 0 Å². The van der Waals surface area contributed by atoms with E-state index in [4.69, 9.17) is 4.74 Å². The molecule has 0 N–H and O–H groups in total. The van der Waals surface area contributed by atoms with Gasteiger partial charge in [0.05, 0.1) is 10.5 Å². The Balaban J connectivity index is 1.89. The maximum atomic E-state index is 13.2. The van der Waals surface area contributed by atoms with Gasteiger partial charge in [0.1, 0.15) is 0 Å². The average molecular weight is 410 g/mol. The van der Waals surface area contributed by atoms with Crippen LogP contribution >= 0.6 is 11.8 Å². The first-order valence-corrected chi connectivity index (χ1v) is 10.9. The van der Waals surface area contributed by atoms with Crippen molar-refractivity contribution in [3.63, 3.8) is 0 Å². The minimum absolute atomic E-state index is 0.194. The van der Waals surface area contributed by atoms with Crippen LogP contribution in [0, 0.1) is 13.8 Å². The molecule has 1 aliphatic rings. The van der Waals surface area contributed by atoms with Crippen LogP contribution in [0.1, 0.15) is 35.6 Å². The van der Waals surface area contributed by atoms with Gasteiger partial charge in [-0.15, -0.1) is 11.8 Å². The van der Waals surface area contributed by atoms with Crippen molar-refractivity contribution in [1.82, 2.24) is 4.90 Å². The predicted molar refractivity (Wildman–Crippen MR) is 118 cm³/mol. The number of ether oxygens (including phenoxy) is 1. The van der Waals surface area contributed by atoms with E-state index in [9.17, 15) is 9.59 Å². The molecule has 2 aromatic carbocycles. The number of hydrogen-bond acceptors (Lipinski definition) is 4. The molecule has 0 aromatic heterocycles. The summed E-state index contributed by atoms with van der Waals surface area (Å²) in [6.07, 6.45) is 0.641. The molecule has 0 fully saturated rings. The second-order valence-electron chi connectivity index (χ2n) is 7.09. The van der Waals surface area contributed by atoms with Crippen LogP contribution in [0.4, 0.5) is 0 Å². The Kier molecular flexibility index (Phi) is 7.29. The monoisotopic (exact) mass is 409 g/mol. The largest absolute Gasteiger partial charge is 0.382 e. The van der Waals surface area contributed by atoms with Crippen LogP contribution in [0.15, 0.2) is 53.4 Å². The van der Waals surface area contributed by atoms with Crippen LogP contribution in [0.25, 0.3) is 5.57 Å². The van der Waals surface area contributed by atoms with Crippen molar-refractivity contribution < 1.29 is 14.3 Å². The standard InChI is InChI=1S/C24H27NO3S/c1-4-28-14-8-13-25-23(26)21(20-12-11-17(2)18(3)15-20)22(24(25)27)29-16-19-9-6-5-7-10-19/h5-7,9-12,15H,4,8,13-14,16H2,1-3H3. The van der Waals surface area contributed by atoms with Crippen molar-refractivity contribution >= 4 is 29.1 Å². The van der Waals surface area contributed by atoms with Crippen LogP contribution in [0.3, 0.4) is 0 Å². The summed E-state index contributed by atoms with van der Waals surface area (Å²) in [5.41, 5.74) is 4.74. The minimum atomic E-state index is -0.203. The lowest BCUT2D eigenvalue weighted by Gasteiger charge is -2.15. The maximum Gasteiger partial charge on any atom is 0.267 e. The van der Waals surface area contributed by atoms with E-state index in [0.717, 1.165) is 22.3 Å². The number of amides is 2. The van der Waals surface area contributed by atoms with Gasteiger partial charge in [-0.1, -0.05) is 48.5 Å². The number of nitrogens with zero attached hydrogens (tertiary/aromatic N) is 1. The molecule has 0 unspecified atom stereocenters. The highest BCUT2D eigenvalue weighted by Gasteiger charge is 2.38. The van der Waals surface area contributed by atoms with E-state index in [1.54, 1.807) is 0 Å². The number of carbonyl (C=O) groups excluding carboxylic acids is 2. The van der Waals surface area contributed by atoms with E-state index in [1.165, 1.54) is 16.7 Å². The third-order valence-corrected chi connectivity index (χ3v) is 6.17. The predicted octanol–water partition coefficient (Wildman–Crippen LogP) is 4.74. The number of imide groups is 1. The number of rotatable bonds is 9. The van der Waals surface area contributed by atoms with Gasteiger partial charge in [-0.3, -0.25) is 14.5 Å². The van der Waals surface area contributed by atoms with Gasteiger partial charge in [0.15, 0.2) is 0 Å². The molecule has 5 heteroatoms. The third-order valence-electron chi connectivity index (χ3n) is 5.02. The Labute approximate surface area is 176 Å². The lowest BCUT2D eigenvalue weighted by molar-refractivity contribution is -0.136. The summed E-state index contributed by atoms with van der Waals surface area (Å²) in [5, 5.41) is 0. The second-order valence-corrected chi connectivity index (χ2v) is 8.08. The molecule has 2 amide bonds. The fourth-order valence-electron chi connectivity index (χ4n) is 3.24. The van der Waals surface area contributed by atoms with Crippen molar-refractivity contribution in [1.29, 1.82) is 0 Å². The fraction of sp³-hybridized carbons (Fsp3) is 0.333. The average Bonchev–Trinajstić information content (AvgIpc) is 2.96. The van der Waals surface area contributed by atoms with E-state index in [2.05, 4.69) is 0 Å². The van der Waals surface area contributed by atoms with Gasteiger partial charge >= 0.3 is 0 Å². The molecule has 0 spiro atoms. The summed E-state index contributed by atoms with van der Waals surface area (Å²) < 4.78 is 5.37. The number of benzene rings is 2. The lowest BCUT2D eigenvalue weighted by Crippen LogP contribution is -2.33. The summed E-state index contributed by atoms with van der Waals surface area (Å²) >= 11 is 1.45. The van der Waals surface area contributed by atoms with Crippen molar-refractivity contribution in [2.24, 2.45) is 0 Å². The topological polar surface area (TPSA) is 46.6 Å². The Bertz CT molecular complexity index is 921. The molecule has 1 heterocycles. The molecule has 4 nitrogen and oxygen atoms in total. The van der Waals surface area contributed by atoms with E-state index in [-0.39, 0.29) is 11.8 Å². The molecule has 3 rings (SSSR count). The van der Waals surface area contributed by atoms with E-state index >= 15 is 0 Å². The molecule has 0 saturated carbocycles. The summed E-state index contributed by atoms with van der Waals surface area (Å²) in [6, 6.07) is 15.9. The van der Waals surface area contributed by atoms with Gasteiger partial charge < -0.3 is 4.74 Å². The van der Waals surface area contributed by atoms with Crippen LogP contribution in [-0.2, 0) is 20.1 Å². The van der Waals surface area contributed by atoms with E-state index in [0.29, 0.717) is 42.4 Å². The van der Waals surface area contributed by atoms with Gasteiger partial charge in [0.2, 0.25) is 0 Å². The van der Waals surface area contributed by atoms with Gasteiger partial charge in [0.25, 0.3) is 11.8 Å². The second kappa shape index (κ2) is 9.90. The summed E-state index contributed by atoms with van der Waals surface area (Å²) in [4.78, 5) is 28.2. The fourth-order valence-corrected chi connectivity index (χ4v) is 4.33. The molecule has 0 aliphatic carbocycles. The van der Waals surface area contributed by atoms with Crippen LogP contribution in [0.2, 0.25) is 0 Å². The number of aryl methyl sites for hydroxylation is 2. The van der Waals surface area contributed by atoms with Crippen molar-refractivity contribution in [3.8, 4) is 0 Å². The van der Waals surface area contributed by atoms with E-state index in [1.807, 2.05) is 69.3 Å². The summed E-state index contributed by atoms with van der Waals surface area (Å²) in [5.74, 6) is 0.252.